The molecule has 1 fully saturated rings. The highest BCUT2D eigenvalue weighted by Crippen LogP contribution is 2.44. The van der Waals surface area contributed by atoms with Crippen molar-refractivity contribution in [1.82, 2.24) is 15.2 Å². The SMILES string of the molecule is CN(C)C1(C(NC(=O)c2nccc3ccccc23)c2cccc(Br)c2)CCCC1. The van der Waals surface area contributed by atoms with Gasteiger partial charge < -0.3 is 10.2 Å². The van der Waals surface area contributed by atoms with Crippen LogP contribution in [-0.4, -0.2) is 35.4 Å². The van der Waals surface area contributed by atoms with Crippen molar-refractivity contribution in [2.75, 3.05) is 14.1 Å². The summed E-state index contributed by atoms with van der Waals surface area (Å²) in [5, 5.41) is 5.27. The zero-order chi connectivity index (χ0) is 20.4. The van der Waals surface area contributed by atoms with Crippen molar-refractivity contribution in [2.24, 2.45) is 0 Å². The predicted octanol–water partition coefficient (Wildman–Crippen LogP) is 5.34. The molecule has 3 aromatic rings. The number of aromatic nitrogens is 1. The Bertz CT molecular complexity index is 1020. The van der Waals surface area contributed by atoms with E-state index < -0.39 is 0 Å². The molecule has 0 spiro atoms. The second kappa shape index (κ2) is 8.25. The second-order valence-electron chi connectivity index (χ2n) is 8.05. The first-order chi connectivity index (χ1) is 14.0. The second-order valence-corrected chi connectivity index (χ2v) is 8.96. The molecule has 29 heavy (non-hydrogen) atoms. The van der Waals surface area contributed by atoms with Crippen LogP contribution in [-0.2, 0) is 0 Å². The van der Waals surface area contributed by atoms with Gasteiger partial charge in [0.2, 0.25) is 0 Å². The smallest absolute Gasteiger partial charge is 0.271 e. The van der Waals surface area contributed by atoms with E-state index in [-0.39, 0.29) is 17.5 Å². The Hall–Kier alpha value is -2.24. The summed E-state index contributed by atoms with van der Waals surface area (Å²) in [5.74, 6) is -0.125. The Morgan fingerprint density at radius 1 is 1.10 bits per heavy atom. The van der Waals surface area contributed by atoms with Gasteiger partial charge in [0, 0.05) is 21.6 Å². The number of likely N-dealkylation sites (N-methyl/N-ethyl adjacent to an activating group) is 1. The van der Waals surface area contributed by atoms with Gasteiger partial charge in [-0.1, -0.05) is 65.2 Å². The summed E-state index contributed by atoms with van der Waals surface area (Å²) in [6, 6.07) is 18.0. The first-order valence-electron chi connectivity index (χ1n) is 10.1. The van der Waals surface area contributed by atoms with Gasteiger partial charge in [-0.25, -0.2) is 0 Å². The number of halogens is 1. The lowest BCUT2D eigenvalue weighted by molar-refractivity contribution is 0.0763. The lowest BCUT2D eigenvalue weighted by Crippen LogP contribution is -2.53. The van der Waals surface area contributed by atoms with Crippen molar-refractivity contribution in [3.05, 3.63) is 76.5 Å². The van der Waals surface area contributed by atoms with Gasteiger partial charge >= 0.3 is 0 Å². The van der Waals surface area contributed by atoms with Crippen LogP contribution in [0.1, 0.15) is 47.8 Å². The van der Waals surface area contributed by atoms with E-state index in [0.717, 1.165) is 33.7 Å². The monoisotopic (exact) mass is 451 g/mol. The number of nitrogens with one attached hydrogen (secondary N) is 1. The quantitative estimate of drug-likeness (QED) is 0.568. The largest absolute Gasteiger partial charge is 0.342 e. The molecule has 1 atom stereocenters. The first kappa shape index (κ1) is 20.0. The average Bonchev–Trinajstić information content (AvgIpc) is 3.22. The predicted molar refractivity (Wildman–Crippen MR) is 121 cm³/mol. The number of rotatable bonds is 5. The summed E-state index contributed by atoms with van der Waals surface area (Å²) in [4.78, 5) is 20.2. The van der Waals surface area contributed by atoms with E-state index in [1.165, 1.54) is 12.8 Å². The van der Waals surface area contributed by atoms with Gasteiger partial charge in [0.1, 0.15) is 5.69 Å². The fourth-order valence-electron chi connectivity index (χ4n) is 4.70. The minimum atomic E-state index is -0.125. The molecule has 5 heteroatoms. The Labute approximate surface area is 180 Å². The van der Waals surface area contributed by atoms with Gasteiger partial charge in [-0.15, -0.1) is 0 Å². The first-order valence-corrected chi connectivity index (χ1v) is 10.9. The molecule has 150 valence electrons. The van der Waals surface area contributed by atoms with E-state index >= 15 is 0 Å². The Kier molecular flexibility index (Phi) is 5.70. The van der Waals surface area contributed by atoms with Crippen molar-refractivity contribution >= 4 is 32.6 Å². The van der Waals surface area contributed by atoms with Crippen molar-refractivity contribution < 1.29 is 4.79 Å². The van der Waals surface area contributed by atoms with Crippen LogP contribution >= 0.6 is 15.9 Å². The lowest BCUT2D eigenvalue weighted by Gasteiger charge is -2.44. The van der Waals surface area contributed by atoms with E-state index in [1.54, 1.807) is 6.20 Å². The van der Waals surface area contributed by atoms with Gasteiger partial charge in [0.05, 0.1) is 6.04 Å². The van der Waals surface area contributed by atoms with Gasteiger partial charge in [-0.05, 0) is 56.1 Å². The van der Waals surface area contributed by atoms with Crippen LogP contribution in [0.4, 0.5) is 0 Å². The van der Waals surface area contributed by atoms with Crippen molar-refractivity contribution in [3.8, 4) is 0 Å². The molecule has 2 aromatic carbocycles. The highest BCUT2D eigenvalue weighted by molar-refractivity contribution is 9.10. The summed E-state index contributed by atoms with van der Waals surface area (Å²) >= 11 is 3.60. The number of carbonyl (C=O) groups is 1. The molecular formula is C24H26BrN3O. The minimum Gasteiger partial charge on any atom is -0.342 e. The third-order valence-electron chi connectivity index (χ3n) is 6.24. The maximum atomic E-state index is 13.4. The molecule has 1 saturated carbocycles. The third kappa shape index (κ3) is 3.81. The van der Waals surface area contributed by atoms with Crippen molar-refractivity contribution in [2.45, 2.75) is 37.3 Å². The molecule has 1 unspecified atom stereocenters. The highest BCUT2D eigenvalue weighted by atomic mass is 79.9. The Balaban J connectivity index is 1.76. The molecule has 1 aliphatic rings. The average molecular weight is 452 g/mol. The van der Waals surface area contributed by atoms with E-state index in [9.17, 15) is 4.79 Å². The molecule has 1 aliphatic carbocycles. The normalized spacial score (nSPS) is 16.8. The molecule has 0 radical (unpaired) electrons. The van der Waals surface area contributed by atoms with Gasteiger partial charge in [-0.2, -0.15) is 0 Å². The Morgan fingerprint density at radius 3 is 2.59 bits per heavy atom. The van der Waals surface area contributed by atoms with Gasteiger partial charge in [-0.3, -0.25) is 9.78 Å². The van der Waals surface area contributed by atoms with Crippen LogP contribution in [0.3, 0.4) is 0 Å². The summed E-state index contributed by atoms with van der Waals surface area (Å²) in [7, 11) is 4.25. The number of amides is 1. The molecule has 1 aromatic heterocycles. The van der Waals surface area contributed by atoms with E-state index in [4.69, 9.17) is 0 Å². The number of benzene rings is 2. The molecule has 0 saturated heterocycles. The number of nitrogens with zero attached hydrogens (tertiary/aromatic N) is 2. The fourth-order valence-corrected chi connectivity index (χ4v) is 5.11. The van der Waals surface area contributed by atoms with Crippen molar-refractivity contribution in [3.63, 3.8) is 0 Å². The summed E-state index contributed by atoms with van der Waals surface area (Å²) in [6.07, 6.45) is 6.17. The van der Waals surface area contributed by atoms with E-state index in [0.29, 0.717) is 5.69 Å². The fraction of sp³-hybridized carbons (Fsp3) is 0.333. The molecule has 1 heterocycles. The van der Waals surface area contributed by atoms with E-state index in [2.05, 4.69) is 57.4 Å². The van der Waals surface area contributed by atoms with Crippen molar-refractivity contribution in [1.29, 1.82) is 0 Å². The van der Waals surface area contributed by atoms with Crippen LogP contribution in [0.2, 0.25) is 0 Å². The molecule has 4 rings (SSSR count). The minimum absolute atomic E-state index is 0.110. The molecule has 0 aliphatic heterocycles. The number of pyridine rings is 1. The van der Waals surface area contributed by atoms with Gasteiger partial charge in [0.25, 0.3) is 5.91 Å². The number of hydrogen-bond donors (Lipinski definition) is 1. The standard InChI is InChI=1S/C24H26BrN3O/c1-28(2)24(13-5-6-14-24)22(18-9-7-10-19(25)16-18)27-23(29)21-20-11-4-3-8-17(20)12-15-26-21/h3-4,7-12,15-16,22H,5-6,13-14H2,1-2H3,(H,27,29). The zero-order valence-corrected chi connectivity index (χ0v) is 18.4. The van der Waals surface area contributed by atoms with Crippen LogP contribution in [0.15, 0.2) is 65.3 Å². The van der Waals surface area contributed by atoms with Crippen LogP contribution in [0, 0.1) is 0 Å². The highest BCUT2D eigenvalue weighted by Gasteiger charge is 2.45. The van der Waals surface area contributed by atoms with Crippen LogP contribution < -0.4 is 5.32 Å². The zero-order valence-electron chi connectivity index (χ0n) is 16.9. The molecule has 0 bridgehead atoms. The molecular weight excluding hydrogens is 426 g/mol. The number of hydrogen-bond acceptors (Lipinski definition) is 3. The summed E-state index contributed by atoms with van der Waals surface area (Å²) in [6.45, 7) is 0. The maximum Gasteiger partial charge on any atom is 0.271 e. The van der Waals surface area contributed by atoms with Gasteiger partial charge in [0.15, 0.2) is 0 Å². The third-order valence-corrected chi connectivity index (χ3v) is 6.74. The molecule has 1 N–H and O–H groups in total. The lowest BCUT2D eigenvalue weighted by atomic mass is 9.82. The Morgan fingerprint density at radius 2 is 1.86 bits per heavy atom. The van der Waals surface area contributed by atoms with E-state index in [1.807, 2.05) is 42.5 Å². The van der Waals surface area contributed by atoms with Crippen LogP contribution in [0.25, 0.3) is 10.8 Å². The van der Waals surface area contributed by atoms with Crippen LogP contribution in [0.5, 0.6) is 0 Å². The summed E-state index contributed by atoms with van der Waals surface area (Å²) < 4.78 is 1.02. The topological polar surface area (TPSA) is 45.2 Å². The molecule has 4 nitrogen and oxygen atoms in total. The molecule has 1 amide bonds. The maximum absolute atomic E-state index is 13.4. The number of carbonyl (C=O) groups excluding carboxylic acids is 1. The number of fused-ring (bicyclic) bond motifs is 1. The summed E-state index contributed by atoms with van der Waals surface area (Å²) in [5.41, 5.74) is 1.49.